The quantitative estimate of drug-likeness (QED) is 0.475. The summed E-state index contributed by atoms with van der Waals surface area (Å²) in [5.41, 5.74) is -0.755. The minimum absolute atomic E-state index is 0.101. The topological polar surface area (TPSA) is 84.5 Å². The predicted molar refractivity (Wildman–Crippen MR) is 107 cm³/mol. The maximum Gasteiger partial charge on any atom is 0.416 e. The van der Waals surface area contributed by atoms with Crippen LogP contribution in [0.4, 0.5) is 17.6 Å². The molecule has 2 rings (SSSR count). The third-order valence-corrected chi connectivity index (χ3v) is 4.57. The molecule has 0 aliphatic rings. The number of esters is 1. The van der Waals surface area contributed by atoms with Crippen LogP contribution in [0.25, 0.3) is 0 Å². The maximum absolute atomic E-state index is 13.5. The van der Waals surface area contributed by atoms with E-state index in [1.807, 2.05) is 0 Å². The molecule has 0 fully saturated rings. The lowest BCUT2D eigenvalue weighted by Crippen LogP contribution is -2.53. The predicted octanol–water partition coefficient (Wildman–Crippen LogP) is 2.79. The number of nitrogens with one attached hydrogen (secondary N) is 2. The fraction of sp³-hybridized carbons (Fsp3) is 0.318. The first-order chi connectivity index (χ1) is 15.0. The van der Waals surface area contributed by atoms with Crippen molar-refractivity contribution in [3.05, 3.63) is 71.0 Å². The van der Waals surface area contributed by atoms with Crippen LogP contribution in [0.2, 0.25) is 0 Å². The van der Waals surface area contributed by atoms with Crippen molar-refractivity contribution in [1.82, 2.24) is 10.6 Å². The van der Waals surface area contributed by atoms with E-state index in [1.165, 1.54) is 43.3 Å². The average molecular weight is 454 g/mol. The zero-order valence-electron chi connectivity index (χ0n) is 17.3. The molecule has 2 aromatic carbocycles. The van der Waals surface area contributed by atoms with Crippen LogP contribution in [0.1, 0.15) is 23.6 Å². The van der Waals surface area contributed by atoms with Crippen molar-refractivity contribution in [1.29, 1.82) is 0 Å². The molecule has 0 spiro atoms. The fourth-order valence-corrected chi connectivity index (χ4v) is 3.16. The number of halogens is 4. The summed E-state index contributed by atoms with van der Waals surface area (Å²) in [6.45, 7) is 1.17. The Morgan fingerprint density at radius 1 is 0.969 bits per heavy atom. The SMILES string of the molecule is COC(=O)[C@H](Cc1ccccc1C(F)(F)F)NC(=O)[C@@H](Cc1cccc(F)c1)NC(C)=O. The fourth-order valence-electron chi connectivity index (χ4n) is 3.16. The molecule has 2 amide bonds. The van der Waals surface area contributed by atoms with Gasteiger partial charge in [-0.2, -0.15) is 13.2 Å². The Morgan fingerprint density at radius 3 is 2.25 bits per heavy atom. The van der Waals surface area contributed by atoms with E-state index < -0.39 is 53.8 Å². The first kappa shape index (κ1) is 24.8. The molecule has 0 aromatic heterocycles. The number of benzene rings is 2. The van der Waals surface area contributed by atoms with Crippen molar-refractivity contribution < 1.29 is 36.7 Å². The van der Waals surface area contributed by atoms with Gasteiger partial charge in [0.2, 0.25) is 11.8 Å². The van der Waals surface area contributed by atoms with Gasteiger partial charge < -0.3 is 15.4 Å². The summed E-state index contributed by atoms with van der Waals surface area (Å²) in [7, 11) is 1.04. The van der Waals surface area contributed by atoms with E-state index in [0.717, 1.165) is 13.2 Å². The van der Waals surface area contributed by atoms with Gasteiger partial charge in [-0.15, -0.1) is 0 Å². The maximum atomic E-state index is 13.5. The Balaban J connectivity index is 2.27. The van der Waals surface area contributed by atoms with Crippen molar-refractivity contribution in [2.75, 3.05) is 7.11 Å². The van der Waals surface area contributed by atoms with E-state index >= 15 is 0 Å². The zero-order valence-corrected chi connectivity index (χ0v) is 17.3. The van der Waals surface area contributed by atoms with Gasteiger partial charge in [0, 0.05) is 19.8 Å². The van der Waals surface area contributed by atoms with Gasteiger partial charge in [-0.05, 0) is 29.3 Å². The van der Waals surface area contributed by atoms with Crippen LogP contribution in [-0.2, 0) is 38.1 Å². The zero-order chi connectivity index (χ0) is 23.9. The first-order valence-corrected chi connectivity index (χ1v) is 9.56. The standard InChI is InChI=1S/C22H22F4N2O4/c1-13(29)27-18(11-14-6-5-8-16(23)10-14)20(30)28-19(21(31)32-2)12-15-7-3-4-9-17(15)22(24,25)26/h3-10,18-19H,11-12H2,1-2H3,(H,27,29)(H,28,30)/t18-,19+/m1/s1. The second-order valence-corrected chi connectivity index (χ2v) is 7.03. The normalized spacial score (nSPS) is 13.1. The Hall–Kier alpha value is -3.43. The molecule has 2 aromatic rings. The van der Waals surface area contributed by atoms with Crippen molar-refractivity contribution >= 4 is 17.8 Å². The Morgan fingerprint density at radius 2 is 1.66 bits per heavy atom. The summed E-state index contributed by atoms with van der Waals surface area (Å²) in [4.78, 5) is 36.6. The summed E-state index contributed by atoms with van der Waals surface area (Å²) in [6, 6.07) is 7.38. The van der Waals surface area contributed by atoms with Gasteiger partial charge in [0.25, 0.3) is 0 Å². The highest BCUT2D eigenvalue weighted by atomic mass is 19.4. The lowest BCUT2D eigenvalue weighted by atomic mass is 9.99. The number of carbonyl (C=O) groups excluding carboxylic acids is 3. The van der Waals surface area contributed by atoms with Gasteiger partial charge in [-0.1, -0.05) is 30.3 Å². The van der Waals surface area contributed by atoms with E-state index in [2.05, 4.69) is 15.4 Å². The monoisotopic (exact) mass is 454 g/mol. The molecular weight excluding hydrogens is 432 g/mol. The third kappa shape index (κ3) is 7.07. The number of amides is 2. The molecule has 2 atom stereocenters. The van der Waals surface area contributed by atoms with E-state index in [0.29, 0.717) is 5.56 Å². The lowest BCUT2D eigenvalue weighted by Gasteiger charge is -2.23. The molecule has 0 saturated heterocycles. The molecule has 0 bridgehead atoms. The van der Waals surface area contributed by atoms with Crippen molar-refractivity contribution in [2.45, 2.75) is 38.0 Å². The molecule has 0 aliphatic carbocycles. The summed E-state index contributed by atoms with van der Waals surface area (Å²) in [5.74, 6) is -2.88. The number of carbonyl (C=O) groups is 3. The van der Waals surface area contributed by atoms with Crippen molar-refractivity contribution in [3.8, 4) is 0 Å². The minimum atomic E-state index is -4.66. The smallest absolute Gasteiger partial charge is 0.416 e. The number of methoxy groups -OCH3 is 1. The minimum Gasteiger partial charge on any atom is -0.467 e. The van der Waals surface area contributed by atoms with Gasteiger partial charge in [0.1, 0.15) is 17.9 Å². The molecule has 10 heteroatoms. The number of rotatable bonds is 8. The highest BCUT2D eigenvalue weighted by molar-refractivity contribution is 5.90. The molecule has 0 aliphatic heterocycles. The van der Waals surface area contributed by atoms with Gasteiger partial charge in [0.15, 0.2) is 0 Å². The van der Waals surface area contributed by atoms with Gasteiger partial charge in [-0.3, -0.25) is 9.59 Å². The largest absolute Gasteiger partial charge is 0.467 e. The van der Waals surface area contributed by atoms with E-state index in [4.69, 9.17) is 0 Å². The lowest BCUT2D eigenvalue weighted by molar-refractivity contribution is -0.146. The van der Waals surface area contributed by atoms with Crippen LogP contribution in [-0.4, -0.2) is 37.0 Å². The summed E-state index contributed by atoms with van der Waals surface area (Å²) in [6.07, 6.45) is -5.24. The summed E-state index contributed by atoms with van der Waals surface area (Å²) < 4.78 is 58.0. The summed E-state index contributed by atoms with van der Waals surface area (Å²) >= 11 is 0. The third-order valence-electron chi connectivity index (χ3n) is 4.57. The van der Waals surface area contributed by atoms with Crippen LogP contribution < -0.4 is 10.6 Å². The van der Waals surface area contributed by atoms with Crippen molar-refractivity contribution in [2.24, 2.45) is 0 Å². The first-order valence-electron chi connectivity index (χ1n) is 9.56. The van der Waals surface area contributed by atoms with Crippen LogP contribution >= 0.6 is 0 Å². The highest BCUT2D eigenvalue weighted by Gasteiger charge is 2.35. The van der Waals surface area contributed by atoms with Crippen LogP contribution in [0.3, 0.4) is 0 Å². The van der Waals surface area contributed by atoms with E-state index in [-0.39, 0.29) is 12.0 Å². The molecule has 0 unspecified atom stereocenters. The molecule has 0 saturated carbocycles. The van der Waals surface area contributed by atoms with E-state index in [9.17, 15) is 31.9 Å². The molecule has 32 heavy (non-hydrogen) atoms. The van der Waals surface area contributed by atoms with Crippen LogP contribution in [0.15, 0.2) is 48.5 Å². The molecular formula is C22H22F4N2O4. The van der Waals surface area contributed by atoms with Gasteiger partial charge in [0.05, 0.1) is 12.7 Å². The van der Waals surface area contributed by atoms with Crippen LogP contribution in [0.5, 0.6) is 0 Å². The van der Waals surface area contributed by atoms with E-state index in [1.54, 1.807) is 6.07 Å². The second-order valence-electron chi connectivity index (χ2n) is 7.03. The Bertz CT molecular complexity index is 978. The number of hydrogen-bond acceptors (Lipinski definition) is 4. The molecule has 172 valence electrons. The summed E-state index contributed by atoms with van der Waals surface area (Å²) in [5, 5.41) is 4.75. The van der Waals surface area contributed by atoms with Gasteiger partial charge >= 0.3 is 12.1 Å². The Labute approximate surface area is 181 Å². The van der Waals surface area contributed by atoms with Crippen LogP contribution in [0, 0.1) is 5.82 Å². The van der Waals surface area contributed by atoms with Crippen molar-refractivity contribution in [3.63, 3.8) is 0 Å². The number of alkyl halides is 3. The highest BCUT2D eigenvalue weighted by Crippen LogP contribution is 2.32. The Kier molecular flexibility index (Phi) is 8.34. The second kappa shape index (κ2) is 10.7. The average Bonchev–Trinajstić information content (AvgIpc) is 2.71. The number of hydrogen-bond donors (Lipinski definition) is 2. The molecule has 0 radical (unpaired) electrons. The number of ether oxygens (including phenoxy) is 1. The molecule has 2 N–H and O–H groups in total. The molecule has 0 heterocycles. The molecule has 6 nitrogen and oxygen atoms in total. The van der Waals surface area contributed by atoms with Gasteiger partial charge in [-0.25, -0.2) is 9.18 Å².